The number of benzene rings is 1. The summed E-state index contributed by atoms with van der Waals surface area (Å²) in [6.45, 7) is 2.02. The maximum atomic E-state index is 13.0. The summed E-state index contributed by atoms with van der Waals surface area (Å²) in [6.07, 6.45) is -3.91. The molecule has 2 rings (SSSR count). The van der Waals surface area contributed by atoms with E-state index in [9.17, 15) is 13.2 Å². The molecule has 1 aliphatic rings. The molecular formula is C12H14F3NO2. The molecule has 0 radical (unpaired) electrons. The lowest BCUT2D eigenvalue weighted by molar-refractivity contribution is -0.138. The summed E-state index contributed by atoms with van der Waals surface area (Å²) >= 11 is 0. The highest BCUT2D eigenvalue weighted by atomic mass is 19.4. The fourth-order valence-corrected chi connectivity index (χ4v) is 2.02. The molecule has 1 unspecified atom stereocenters. The molecule has 2 N–H and O–H groups in total. The van der Waals surface area contributed by atoms with Crippen molar-refractivity contribution < 1.29 is 22.6 Å². The highest BCUT2D eigenvalue weighted by molar-refractivity contribution is 5.50. The molecule has 18 heavy (non-hydrogen) atoms. The van der Waals surface area contributed by atoms with Crippen molar-refractivity contribution in [2.24, 2.45) is 5.73 Å². The number of hydrogen-bond acceptors (Lipinski definition) is 3. The normalized spacial score (nSPS) is 15.8. The van der Waals surface area contributed by atoms with E-state index in [1.807, 2.05) is 0 Å². The summed E-state index contributed by atoms with van der Waals surface area (Å²) in [5.41, 5.74) is 4.93. The molecule has 0 bridgehead atoms. The van der Waals surface area contributed by atoms with E-state index >= 15 is 0 Å². The summed E-state index contributed by atoms with van der Waals surface area (Å²) < 4.78 is 49.1. The molecule has 6 heteroatoms. The first-order valence-electron chi connectivity index (χ1n) is 5.64. The minimum Gasteiger partial charge on any atom is -0.454 e. The molecule has 0 aromatic heterocycles. The van der Waals surface area contributed by atoms with Gasteiger partial charge in [-0.15, -0.1) is 0 Å². The predicted molar refractivity (Wildman–Crippen MR) is 59.7 cm³/mol. The third-order valence-electron chi connectivity index (χ3n) is 2.98. The molecular weight excluding hydrogens is 247 g/mol. The molecule has 1 aromatic rings. The van der Waals surface area contributed by atoms with E-state index in [4.69, 9.17) is 15.2 Å². The molecule has 0 saturated carbocycles. The SMILES string of the molecule is CC(CCN)c1cc2c(cc1C(F)(F)F)OCO2. The molecule has 1 aromatic carbocycles. The minimum absolute atomic E-state index is 0.0403. The van der Waals surface area contributed by atoms with Crippen LogP contribution in [0.5, 0.6) is 11.5 Å². The Labute approximate surface area is 103 Å². The van der Waals surface area contributed by atoms with Crippen LogP contribution in [0.3, 0.4) is 0 Å². The van der Waals surface area contributed by atoms with Gasteiger partial charge in [-0.25, -0.2) is 0 Å². The third-order valence-corrected chi connectivity index (χ3v) is 2.98. The zero-order chi connectivity index (χ0) is 13.3. The van der Waals surface area contributed by atoms with Gasteiger partial charge in [-0.2, -0.15) is 13.2 Å². The molecule has 1 heterocycles. The second kappa shape index (κ2) is 4.68. The van der Waals surface area contributed by atoms with E-state index in [0.29, 0.717) is 18.7 Å². The van der Waals surface area contributed by atoms with Crippen molar-refractivity contribution >= 4 is 0 Å². The second-order valence-corrected chi connectivity index (χ2v) is 4.27. The van der Waals surface area contributed by atoms with Crippen LogP contribution in [0, 0.1) is 0 Å². The Balaban J connectivity index is 2.48. The van der Waals surface area contributed by atoms with E-state index in [-0.39, 0.29) is 24.0 Å². The zero-order valence-corrected chi connectivity index (χ0v) is 9.88. The molecule has 0 spiro atoms. The van der Waals surface area contributed by atoms with Gasteiger partial charge in [0.05, 0.1) is 5.56 Å². The number of halogens is 3. The van der Waals surface area contributed by atoms with Crippen LogP contribution in [0.25, 0.3) is 0 Å². The van der Waals surface area contributed by atoms with Crippen LogP contribution in [0.4, 0.5) is 13.2 Å². The summed E-state index contributed by atoms with van der Waals surface area (Å²) in [5.74, 6) is 0.231. The molecule has 1 atom stereocenters. The largest absolute Gasteiger partial charge is 0.454 e. The van der Waals surface area contributed by atoms with Gasteiger partial charge >= 0.3 is 6.18 Å². The molecule has 0 fully saturated rings. The van der Waals surface area contributed by atoms with E-state index in [1.54, 1.807) is 6.92 Å². The Kier molecular flexibility index (Phi) is 3.38. The Morgan fingerprint density at radius 1 is 1.28 bits per heavy atom. The average Bonchev–Trinajstić information content (AvgIpc) is 2.73. The van der Waals surface area contributed by atoms with Crippen LogP contribution >= 0.6 is 0 Å². The minimum atomic E-state index is -4.40. The lowest BCUT2D eigenvalue weighted by Gasteiger charge is -2.18. The van der Waals surface area contributed by atoms with Crippen molar-refractivity contribution in [2.75, 3.05) is 13.3 Å². The molecule has 0 aliphatic carbocycles. The number of ether oxygens (including phenoxy) is 2. The lowest BCUT2D eigenvalue weighted by atomic mass is 9.92. The highest BCUT2D eigenvalue weighted by Gasteiger charge is 2.36. The van der Waals surface area contributed by atoms with Crippen LogP contribution in [0.1, 0.15) is 30.4 Å². The van der Waals surface area contributed by atoms with Crippen molar-refractivity contribution in [1.29, 1.82) is 0 Å². The van der Waals surface area contributed by atoms with Crippen LogP contribution in [-0.4, -0.2) is 13.3 Å². The predicted octanol–water partition coefficient (Wildman–Crippen LogP) is 2.89. The van der Waals surface area contributed by atoms with Crippen LogP contribution in [0.15, 0.2) is 12.1 Å². The maximum absolute atomic E-state index is 13.0. The van der Waals surface area contributed by atoms with Crippen molar-refractivity contribution in [3.05, 3.63) is 23.3 Å². The monoisotopic (exact) mass is 261 g/mol. The van der Waals surface area contributed by atoms with E-state index in [1.165, 1.54) is 6.07 Å². The van der Waals surface area contributed by atoms with E-state index in [2.05, 4.69) is 0 Å². The zero-order valence-electron chi connectivity index (χ0n) is 9.88. The number of nitrogens with two attached hydrogens (primary N) is 1. The topological polar surface area (TPSA) is 44.5 Å². The Morgan fingerprint density at radius 3 is 2.44 bits per heavy atom. The summed E-state index contributed by atoms with van der Waals surface area (Å²) in [4.78, 5) is 0. The summed E-state index contributed by atoms with van der Waals surface area (Å²) in [6, 6.07) is 2.41. The standard InChI is InChI=1S/C12H14F3NO2/c1-7(2-3-16)8-4-10-11(18-6-17-10)5-9(8)12(13,14)15/h4-5,7H,2-3,6,16H2,1H3. The van der Waals surface area contributed by atoms with Crippen molar-refractivity contribution in [3.63, 3.8) is 0 Å². The first kappa shape index (κ1) is 13.0. The van der Waals surface area contributed by atoms with Gasteiger partial charge in [0.15, 0.2) is 11.5 Å². The molecule has 0 saturated heterocycles. The van der Waals surface area contributed by atoms with Gasteiger partial charge in [-0.1, -0.05) is 6.92 Å². The highest BCUT2D eigenvalue weighted by Crippen LogP contribution is 2.43. The first-order valence-corrected chi connectivity index (χ1v) is 5.64. The van der Waals surface area contributed by atoms with Crippen LogP contribution < -0.4 is 15.2 Å². The Morgan fingerprint density at radius 2 is 1.89 bits per heavy atom. The number of hydrogen-bond donors (Lipinski definition) is 1. The van der Waals surface area contributed by atoms with Crippen molar-refractivity contribution in [2.45, 2.75) is 25.4 Å². The molecule has 3 nitrogen and oxygen atoms in total. The van der Waals surface area contributed by atoms with Gasteiger partial charge in [0.1, 0.15) is 0 Å². The quantitative estimate of drug-likeness (QED) is 0.909. The number of fused-ring (bicyclic) bond motifs is 1. The van der Waals surface area contributed by atoms with Gasteiger partial charge in [0.2, 0.25) is 6.79 Å². The van der Waals surface area contributed by atoms with Gasteiger partial charge in [0.25, 0.3) is 0 Å². The van der Waals surface area contributed by atoms with Crippen LogP contribution in [0.2, 0.25) is 0 Å². The molecule has 100 valence electrons. The second-order valence-electron chi connectivity index (χ2n) is 4.27. The number of alkyl halides is 3. The third kappa shape index (κ3) is 2.38. The van der Waals surface area contributed by atoms with Crippen molar-refractivity contribution in [1.82, 2.24) is 0 Å². The summed E-state index contributed by atoms with van der Waals surface area (Å²) in [5, 5.41) is 0. The fourth-order valence-electron chi connectivity index (χ4n) is 2.02. The number of rotatable bonds is 3. The smallest absolute Gasteiger partial charge is 0.416 e. The van der Waals surface area contributed by atoms with Gasteiger partial charge in [-0.05, 0) is 36.6 Å². The van der Waals surface area contributed by atoms with Crippen molar-refractivity contribution in [3.8, 4) is 11.5 Å². The molecule has 1 aliphatic heterocycles. The van der Waals surface area contributed by atoms with E-state index in [0.717, 1.165) is 6.07 Å². The average molecular weight is 261 g/mol. The molecule has 0 amide bonds. The van der Waals surface area contributed by atoms with Crippen LogP contribution in [-0.2, 0) is 6.18 Å². The fraction of sp³-hybridized carbons (Fsp3) is 0.500. The first-order chi connectivity index (χ1) is 8.43. The lowest BCUT2D eigenvalue weighted by Crippen LogP contribution is -2.13. The Bertz CT molecular complexity index is 446. The Hall–Kier alpha value is -1.43. The maximum Gasteiger partial charge on any atom is 0.416 e. The van der Waals surface area contributed by atoms with Gasteiger partial charge in [-0.3, -0.25) is 0 Å². The summed E-state index contributed by atoms with van der Waals surface area (Å²) in [7, 11) is 0. The van der Waals surface area contributed by atoms with Gasteiger partial charge < -0.3 is 15.2 Å². The van der Waals surface area contributed by atoms with Gasteiger partial charge in [0, 0.05) is 0 Å². The van der Waals surface area contributed by atoms with E-state index < -0.39 is 11.7 Å².